The maximum absolute atomic E-state index is 14.9. The molecule has 7 atom stereocenters. The van der Waals surface area contributed by atoms with Crippen LogP contribution in [0.2, 0.25) is 0 Å². The van der Waals surface area contributed by atoms with Crippen LogP contribution in [0.3, 0.4) is 0 Å². The van der Waals surface area contributed by atoms with Crippen molar-refractivity contribution in [3.05, 3.63) is 53.6 Å². The quantitative estimate of drug-likeness (QED) is 0.504. The third-order valence-corrected chi connectivity index (χ3v) is 11.4. The molecule has 4 aliphatic heterocycles. The lowest BCUT2D eigenvalue weighted by atomic mass is 9.74. The second kappa shape index (κ2) is 10.7. The number of nitrogens with zero attached hydrogens (tertiary/aromatic N) is 3. The highest BCUT2D eigenvalue weighted by Gasteiger charge is 2.74. The minimum absolute atomic E-state index is 0.0153. The Kier molecular flexibility index (Phi) is 7.72. The summed E-state index contributed by atoms with van der Waals surface area (Å²) in [5.74, 6) is -1.65. The molecule has 4 heterocycles. The van der Waals surface area contributed by atoms with Crippen LogP contribution in [0, 0.1) is 31.6 Å². The second-order valence-electron chi connectivity index (χ2n) is 12.2. The largest absolute Gasteiger partial charge is 0.394 e. The second-order valence-corrected chi connectivity index (χ2v) is 13.9. The lowest BCUT2D eigenvalue weighted by Gasteiger charge is -2.41. The topological polar surface area (TPSA) is 81.2 Å². The Balaban J connectivity index is 1.71. The fraction of sp³-hybridized carbons (Fsp3) is 0.594. The molecule has 0 aromatic heterocycles. The van der Waals surface area contributed by atoms with Crippen molar-refractivity contribution < 1.29 is 19.5 Å². The van der Waals surface area contributed by atoms with E-state index >= 15 is 0 Å². The molecule has 216 valence electrons. The van der Waals surface area contributed by atoms with Gasteiger partial charge in [0.2, 0.25) is 11.8 Å². The van der Waals surface area contributed by atoms with E-state index in [1.54, 1.807) is 16.7 Å². The molecule has 0 saturated carbocycles. The summed E-state index contributed by atoms with van der Waals surface area (Å²) < 4.78 is -1.55. The van der Waals surface area contributed by atoms with Crippen LogP contribution in [0.15, 0.2) is 42.5 Å². The number of thioether (sulfide) groups is 1. The van der Waals surface area contributed by atoms with E-state index < -0.39 is 33.4 Å². The number of hydrogen-bond donors (Lipinski definition) is 1. The van der Waals surface area contributed by atoms with Gasteiger partial charge in [0, 0.05) is 30.1 Å². The average molecular weight is 566 g/mol. The summed E-state index contributed by atoms with van der Waals surface area (Å²) in [4.78, 5) is 49.1. The Hall–Kier alpha value is -2.58. The van der Waals surface area contributed by atoms with E-state index in [0.29, 0.717) is 19.6 Å². The zero-order valence-corrected chi connectivity index (χ0v) is 25.4. The minimum atomic E-state index is -0.922. The van der Waals surface area contributed by atoms with Crippen LogP contribution in [0.4, 0.5) is 5.69 Å². The van der Waals surface area contributed by atoms with Crippen LogP contribution in [0.1, 0.15) is 51.7 Å². The molecule has 1 unspecified atom stereocenters. The summed E-state index contributed by atoms with van der Waals surface area (Å²) in [6.07, 6.45) is 9.82. The Labute approximate surface area is 242 Å². The number of aliphatic hydroxyl groups is 1. The number of para-hydroxylation sites is 1. The monoisotopic (exact) mass is 565 g/mol. The van der Waals surface area contributed by atoms with E-state index in [1.165, 1.54) is 0 Å². The van der Waals surface area contributed by atoms with Crippen LogP contribution in [-0.4, -0.2) is 80.4 Å². The van der Waals surface area contributed by atoms with Crippen molar-refractivity contribution in [1.82, 2.24) is 9.80 Å². The Morgan fingerprint density at radius 1 is 1.00 bits per heavy atom. The zero-order valence-electron chi connectivity index (χ0n) is 24.6. The summed E-state index contributed by atoms with van der Waals surface area (Å²) in [6, 6.07) is 4.65. The number of anilines is 1. The van der Waals surface area contributed by atoms with Gasteiger partial charge in [-0.25, -0.2) is 0 Å². The van der Waals surface area contributed by atoms with Gasteiger partial charge in [-0.05, 0) is 44.2 Å². The Morgan fingerprint density at radius 3 is 2.30 bits per heavy atom. The highest BCUT2D eigenvalue weighted by molar-refractivity contribution is 8.02. The number of aryl methyl sites for hydroxylation is 2. The average Bonchev–Trinajstić information content (AvgIpc) is 3.19. The van der Waals surface area contributed by atoms with Gasteiger partial charge < -0.3 is 19.8 Å². The summed E-state index contributed by atoms with van der Waals surface area (Å²) in [6.45, 7) is 13.5. The van der Waals surface area contributed by atoms with E-state index in [0.717, 1.165) is 29.7 Å². The van der Waals surface area contributed by atoms with Crippen molar-refractivity contribution in [2.75, 3.05) is 31.1 Å². The maximum Gasteiger partial charge on any atom is 0.251 e. The molecule has 2 saturated heterocycles. The van der Waals surface area contributed by atoms with E-state index in [4.69, 9.17) is 0 Å². The molecule has 40 heavy (non-hydrogen) atoms. The van der Waals surface area contributed by atoms with E-state index in [-0.39, 0.29) is 30.2 Å². The molecule has 8 heteroatoms. The summed E-state index contributed by atoms with van der Waals surface area (Å²) in [5.41, 5.74) is 2.85. The lowest BCUT2D eigenvalue weighted by Crippen LogP contribution is -2.58. The van der Waals surface area contributed by atoms with Gasteiger partial charge in [-0.15, -0.1) is 11.8 Å². The number of rotatable bonds is 7. The normalized spacial score (nSPS) is 33.0. The predicted molar refractivity (Wildman–Crippen MR) is 160 cm³/mol. The minimum Gasteiger partial charge on any atom is -0.394 e. The van der Waals surface area contributed by atoms with Crippen molar-refractivity contribution in [1.29, 1.82) is 0 Å². The standard InChI is InChI=1S/C32H43N3O4S/c1-7-16-33-17-10-14-31(6)24(28(33)37)25-29(38)35(23(19-36)20(3)8-2)27-30(39)34(18-11-15-32(25,27)40-31)26-21(4)12-9-13-22(26)5/h9-15,20,23-25,27,36H,7-8,16-19H2,1-6H3/t20-,23-,24+,25-,27?,31-,32-/m0/s1. The third kappa shape index (κ3) is 4.16. The maximum atomic E-state index is 14.9. The number of benzene rings is 1. The molecule has 4 aliphatic rings. The molecule has 3 amide bonds. The van der Waals surface area contributed by atoms with E-state index in [9.17, 15) is 19.5 Å². The molecule has 5 rings (SSSR count). The van der Waals surface area contributed by atoms with Crippen LogP contribution >= 0.6 is 11.8 Å². The number of fused-ring (bicyclic) bond motifs is 2. The number of amides is 3. The van der Waals surface area contributed by atoms with Gasteiger partial charge in [0.05, 0.1) is 29.2 Å². The number of hydrogen-bond acceptors (Lipinski definition) is 5. The molecular formula is C32H43N3O4S. The van der Waals surface area contributed by atoms with Gasteiger partial charge in [-0.2, -0.15) is 0 Å². The SMILES string of the molecule is CCCN1CC=C[C@]2(C)S[C@]34C=CCN(c5c(C)cccc5C)C(=O)C3N([C@@H](CO)[C@@H](C)CC)C(=O)[C@@H]4[C@@H]2C1=O. The zero-order chi connectivity index (χ0) is 29.0. The van der Waals surface area contributed by atoms with Crippen molar-refractivity contribution in [3.8, 4) is 0 Å². The molecule has 1 aromatic rings. The van der Waals surface area contributed by atoms with E-state index in [2.05, 4.69) is 32.1 Å². The molecule has 0 bridgehead atoms. The Morgan fingerprint density at radius 2 is 1.68 bits per heavy atom. The molecule has 0 radical (unpaired) electrons. The number of aliphatic hydroxyl groups excluding tert-OH is 1. The summed E-state index contributed by atoms with van der Waals surface area (Å²) in [7, 11) is 0. The first-order valence-electron chi connectivity index (χ1n) is 14.7. The highest BCUT2D eigenvalue weighted by Crippen LogP contribution is 2.66. The van der Waals surface area contributed by atoms with Crippen molar-refractivity contribution in [3.63, 3.8) is 0 Å². The highest BCUT2D eigenvalue weighted by atomic mass is 32.2. The molecule has 1 spiro atoms. The van der Waals surface area contributed by atoms with Gasteiger partial charge in [0.15, 0.2) is 0 Å². The molecule has 2 fully saturated rings. The molecule has 7 nitrogen and oxygen atoms in total. The fourth-order valence-corrected chi connectivity index (χ4v) is 9.73. The van der Waals surface area contributed by atoms with Crippen LogP contribution in [0.25, 0.3) is 0 Å². The van der Waals surface area contributed by atoms with E-state index in [1.807, 2.05) is 61.8 Å². The first-order chi connectivity index (χ1) is 19.1. The number of likely N-dealkylation sites (tertiary alicyclic amines) is 1. The Bertz CT molecular complexity index is 1240. The molecule has 1 aromatic carbocycles. The van der Waals surface area contributed by atoms with Crippen molar-refractivity contribution in [2.45, 2.75) is 76.0 Å². The van der Waals surface area contributed by atoms with Gasteiger partial charge in [0.1, 0.15) is 6.04 Å². The summed E-state index contributed by atoms with van der Waals surface area (Å²) >= 11 is 1.60. The van der Waals surface area contributed by atoms with Gasteiger partial charge >= 0.3 is 0 Å². The first kappa shape index (κ1) is 28.9. The smallest absolute Gasteiger partial charge is 0.251 e. The fourth-order valence-electron chi connectivity index (χ4n) is 7.59. The van der Waals surface area contributed by atoms with Crippen molar-refractivity contribution >= 4 is 35.2 Å². The van der Waals surface area contributed by atoms with Crippen LogP contribution in [0.5, 0.6) is 0 Å². The van der Waals surface area contributed by atoms with Crippen molar-refractivity contribution in [2.24, 2.45) is 17.8 Å². The number of carbonyl (C=O) groups is 3. The number of carbonyl (C=O) groups excluding carboxylic acids is 3. The van der Waals surface area contributed by atoms with Gasteiger partial charge in [-0.1, -0.05) is 69.7 Å². The summed E-state index contributed by atoms with van der Waals surface area (Å²) in [5, 5.41) is 10.6. The third-order valence-electron chi connectivity index (χ3n) is 9.63. The van der Waals surface area contributed by atoms with Gasteiger partial charge in [-0.3, -0.25) is 14.4 Å². The molecular weight excluding hydrogens is 522 g/mol. The van der Waals surface area contributed by atoms with Gasteiger partial charge in [0.25, 0.3) is 5.91 Å². The van der Waals surface area contributed by atoms with Crippen LogP contribution < -0.4 is 4.90 Å². The predicted octanol–water partition coefficient (Wildman–Crippen LogP) is 4.11. The molecule has 0 aliphatic carbocycles. The van der Waals surface area contributed by atoms with Crippen LogP contribution in [-0.2, 0) is 14.4 Å². The lowest BCUT2D eigenvalue weighted by molar-refractivity contribution is -0.146. The molecule has 1 N–H and O–H groups in total. The first-order valence-corrected chi connectivity index (χ1v) is 15.5.